The maximum Gasteiger partial charge on any atom is 0.0788 e. The Morgan fingerprint density at radius 3 is 1.51 bits per heavy atom. The van der Waals surface area contributed by atoms with Crippen LogP contribution in [0.3, 0.4) is 0 Å². The first-order valence-electron chi connectivity index (χ1n) is 17.4. The van der Waals surface area contributed by atoms with Crippen LogP contribution in [0.5, 0.6) is 0 Å². The molecule has 0 aliphatic heterocycles. The molecule has 4 aromatic heterocycles. The first-order valence-corrected chi connectivity index (χ1v) is 17.4. The van der Waals surface area contributed by atoms with E-state index in [1.54, 1.807) is 0 Å². The Balaban J connectivity index is 1.24. The van der Waals surface area contributed by atoms with Gasteiger partial charge in [-0.25, -0.2) is 0 Å². The van der Waals surface area contributed by atoms with Gasteiger partial charge in [0.15, 0.2) is 0 Å². The monoisotopic (exact) mass is 650 g/mol. The van der Waals surface area contributed by atoms with Crippen molar-refractivity contribution in [3.8, 4) is 28.2 Å². The van der Waals surface area contributed by atoms with Gasteiger partial charge in [0, 0.05) is 61.8 Å². The lowest BCUT2D eigenvalue weighted by Gasteiger charge is -2.14. The second kappa shape index (κ2) is 10.8. The molecule has 0 saturated carbocycles. The molecule has 238 valence electrons. The molecule has 0 atom stereocenters. The summed E-state index contributed by atoms with van der Waals surface area (Å²) in [6.07, 6.45) is 3.89. The minimum Gasteiger partial charge on any atom is -0.309 e. The van der Waals surface area contributed by atoms with Crippen LogP contribution in [-0.2, 0) is 0 Å². The third-order valence-electron chi connectivity index (χ3n) is 10.5. The number of nitrogens with zero attached hydrogens (tertiary/aromatic N) is 4. The van der Waals surface area contributed by atoms with Crippen LogP contribution in [0.1, 0.15) is 0 Å². The molecular weight excluding hydrogens is 621 g/mol. The van der Waals surface area contributed by atoms with E-state index in [-0.39, 0.29) is 0 Å². The van der Waals surface area contributed by atoms with E-state index < -0.39 is 0 Å². The number of benzene rings is 7. The Morgan fingerprint density at radius 2 is 0.824 bits per heavy atom. The highest BCUT2D eigenvalue weighted by Gasteiger charge is 2.22. The van der Waals surface area contributed by atoms with Gasteiger partial charge in [-0.2, -0.15) is 0 Å². The van der Waals surface area contributed by atoms with Crippen molar-refractivity contribution in [2.24, 2.45) is 0 Å². The molecule has 0 N–H and O–H groups in total. The molecule has 4 nitrogen and oxygen atoms in total. The molecule has 7 aromatic carbocycles. The fourth-order valence-corrected chi connectivity index (χ4v) is 8.32. The Morgan fingerprint density at radius 1 is 0.314 bits per heavy atom. The Labute approximate surface area is 293 Å². The van der Waals surface area contributed by atoms with Crippen LogP contribution in [0.2, 0.25) is 0 Å². The van der Waals surface area contributed by atoms with Gasteiger partial charge in [-0.1, -0.05) is 109 Å². The minimum atomic E-state index is 1.12. The van der Waals surface area contributed by atoms with Crippen molar-refractivity contribution in [1.82, 2.24) is 18.7 Å². The highest BCUT2D eigenvalue weighted by Crippen LogP contribution is 2.43. The minimum absolute atomic E-state index is 1.12. The van der Waals surface area contributed by atoms with Gasteiger partial charge in [-0.3, -0.25) is 4.98 Å². The summed E-state index contributed by atoms with van der Waals surface area (Å²) in [7, 11) is 0. The molecule has 0 fully saturated rings. The number of fused-ring (bicyclic) bond motifs is 10. The number of aromatic nitrogens is 4. The summed E-state index contributed by atoms with van der Waals surface area (Å²) in [6, 6.07) is 61.5. The molecule has 0 aliphatic carbocycles. The number of pyridine rings is 1. The lowest BCUT2D eigenvalue weighted by Crippen LogP contribution is -1.99. The van der Waals surface area contributed by atoms with Crippen LogP contribution in [0, 0.1) is 0 Å². The molecule has 0 bridgehead atoms. The maximum atomic E-state index is 4.57. The van der Waals surface area contributed by atoms with Gasteiger partial charge in [0.2, 0.25) is 0 Å². The topological polar surface area (TPSA) is 27.7 Å². The Hall–Kier alpha value is -6.91. The normalized spacial score (nSPS) is 11.9. The second-order valence-electron chi connectivity index (χ2n) is 13.2. The van der Waals surface area contributed by atoms with Crippen molar-refractivity contribution in [2.45, 2.75) is 0 Å². The summed E-state index contributed by atoms with van der Waals surface area (Å²) in [6.45, 7) is 0. The summed E-state index contributed by atoms with van der Waals surface area (Å²) < 4.78 is 7.28. The smallest absolute Gasteiger partial charge is 0.0788 e. The molecule has 0 amide bonds. The molecule has 51 heavy (non-hydrogen) atoms. The third-order valence-corrected chi connectivity index (χ3v) is 10.5. The molecule has 11 rings (SSSR count). The number of hydrogen-bond donors (Lipinski definition) is 0. The van der Waals surface area contributed by atoms with Crippen LogP contribution in [0.4, 0.5) is 0 Å². The van der Waals surface area contributed by atoms with E-state index in [0.717, 1.165) is 33.5 Å². The van der Waals surface area contributed by atoms with E-state index in [4.69, 9.17) is 0 Å². The lowest BCUT2D eigenvalue weighted by atomic mass is 10.1. The van der Waals surface area contributed by atoms with Crippen molar-refractivity contribution in [3.63, 3.8) is 0 Å². The zero-order chi connectivity index (χ0) is 33.5. The van der Waals surface area contributed by atoms with Gasteiger partial charge in [0.25, 0.3) is 0 Å². The second-order valence-corrected chi connectivity index (χ2v) is 13.2. The van der Waals surface area contributed by atoms with Crippen LogP contribution >= 0.6 is 0 Å². The molecule has 11 aromatic rings. The summed E-state index contributed by atoms with van der Waals surface area (Å²) >= 11 is 0. The van der Waals surface area contributed by atoms with Crippen molar-refractivity contribution >= 4 is 65.4 Å². The van der Waals surface area contributed by atoms with Crippen LogP contribution in [0.15, 0.2) is 182 Å². The van der Waals surface area contributed by atoms with Gasteiger partial charge >= 0.3 is 0 Å². The van der Waals surface area contributed by atoms with E-state index in [2.05, 4.69) is 189 Å². The summed E-state index contributed by atoms with van der Waals surface area (Å²) in [5, 5.41) is 7.26. The molecular formula is C47H30N4. The number of hydrogen-bond acceptors (Lipinski definition) is 1. The predicted molar refractivity (Wildman–Crippen MR) is 213 cm³/mol. The fourth-order valence-electron chi connectivity index (χ4n) is 8.32. The molecule has 0 aliphatic rings. The maximum absolute atomic E-state index is 4.57. The van der Waals surface area contributed by atoms with Gasteiger partial charge < -0.3 is 13.7 Å². The fraction of sp³-hybridized carbons (Fsp3) is 0. The standard InChI is InChI=1S/C47H30N4/c1-3-11-31(12-4-1)32-19-21-34(22-20-32)50-42-17-9-7-15-36(42)38-24-25-39-37-16-8-10-18-43(37)51(47(39)46(38)50)35-23-26-44-40(29-35)41-30-48-28-27-45(41)49(44)33-13-5-2-6-14-33/h1-30H. The van der Waals surface area contributed by atoms with Crippen molar-refractivity contribution in [3.05, 3.63) is 182 Å². The first-order chi connectivity index (χ1) is 25.3. The van der Waals surface area contributed by atoms with Crippen LogP contribution < -0.4 is 0 Å². The van der Waals surface area contributed by atoms with Gasteiger partial charge in [0.1, 0.15) is 0 Å². The molecule has 0 spiro atoms. The molecule has 0 unspecified atom stereocenters. The number of rotatable bonds is 4. The highest BCUT2D eigenvalue weighted by molar-refractivity contribution is 6.24. The lowest BCUT2D eigenvalue weighted by molar-refractivity contribution is 1.15. The zero-order valence-electron chi connectivity index (χ0n) is 27.6. The average molecular weight is 651 g/mol. The molecule has 4 heterocycles. The predicted octanol–water partition coefficient (Wildman–Crippen LogP) is 12.0. The van der Waals surface area contributed by atoms with Crippen LogP contribution in [-0.4, -0.2) is 18.7 Å². The zero-order valence-corrected chi connectivity index (χ0v) is 27.6. The van der Waals surface area contributed by atoms with E-state index >= 15 is 0 Å². The molecule has 0 radical (unpaired) electrons. The van der Waals surface area contributed by atoms with E-state index in [0.29, 0.717) is 0 Å². The van der Waals surface area contributed by atoms with Crippen molar-refractivity contribution in [2.75, 3.05) is 0 Å². The third kappa shape index (κ3) is 4.05. The van der Waals surface area contributed by atoms with Crippen LogP contribution in [0.25, 0.3) is 93.6 Å². The SMILES string of the molecule is c1ccc(-c2ccc(-n3c4ccccc4c4ccc5c6ccccc6n(-c6ccc7c(c6)c6cnccc6n7-c6ccccc6)c5c43)cc2)cc1. The number of para-hydroxylation sites is 3. The summed E-state index contributed by atoms with van der Waals surface area (Å²) in [5.74, 6) is 0. The van der Waals surface area contributed by atoms with Crippen molar-refractivity contribution in [1.29, 1.82) is 0 Å². The Bertz CT molecular complexity index is 3110. The largest absolute Gasteiger partial charge is 0.309 e. The molecule has 4 heteroatoms. The quantitative estimate of drug-likeness (QED) is 0.186. The van der Waals surface area contributed by atoms with E-state index in [9.17, 15) is 0 Å². The van der Waals surface area contributed by atoms with Crippen molar-refractivity contribution < 1.29 is 0 Å². The van der Waals surface area contributed by atoms with E-state index in [1.165, 1.54) is 60.1 Å². The van der Waals surface area contributed by atoms with Gasteiger partial charge in [-0.15, -0.1) is 0 Å². The average Bonchev–Trinajstić information content (AvgIpc) is 3.84. The van der Waals surface area contributed by atoms with E-state index in [1.807, 2.05) is 12.4 Å². The summed E-state index contributed by atoms with van der Waals surface area (Å²) in [5.41, 5.74) is 12.9. The highest BCUT2D eigenvalue weighted by atomic mass is 15.0. The Kier molecular flexibility index (Phi) is 5.92. The van der Waals surface area contributed by atoms with Gasteiger partial charge in [0.05, 0.1) is 33.1 Å². The first kappa shape index (κ1) is 28.0. The van der Waals surface area contributed by atoms with Gasteiger partial charge in [-0.05, 0) is 71.8 Å². The molecule has 0 saturated heterocycles. The summed E-state index contributed by atoms with van der Waals surface area (Å²) in [4.78, 5) is 4.57.